The molecule has 33 heavy (non-hydrogen) atoms. The molecule has 178 valence electrons. The Bertz CT molecular complexity index is 1050. The second-order valence-electron chi connectivity index (χ2n) is 8.60. The standard InChI is InChI=1S/C24H28F3N3O3/c1-3-19(16-8-4-5-9-18(16)24(25,26)27)28-22(31)20-13-17(21-14-33-12-11-30(20)21)23(32)29-10-6-7-15(29)2/h4-5,8-9,13,15,19H,3,6-7,10-12,14H2,1-2H3,(H,28,31)/t15?,19-/m1/s1. The molecule has 0 bridgehead atoms. The number of carbonyl (C=O) groups is 2. The van der Waals surface area contributed by atoms with E-state index in [9.17, 15) is 22.8 Å². The number of halogens is 3. The van der Waals surface area contributed by atoms with Crippen LogP contribution in [0.25, 0.3) is 0 Å². The number of amides is 2. The lowest BCUT2D eigenvalue weighted by molar-refractivity contribution is -0.138. The summed E-state index contributed by atoms with van der Waals surface area (Å²) in [5.41, 5.74) is 0.599. The van der Waals surface area contributed by atoms with E-state index >= 15 is 0 Å². The zero-order chi connectivity index (χ0) is 23.8. The summed E-state index contributed by atoms with van der Waals surface area (Å²) in [4.78, 5) is 28.3. The van der Waals surface area contributed by atoms with Gasteiger partial charge in [-0.1, -0.05) is 25.1 Å². The number of carbonyl (C=O) groups excluding carboxylic acids is 2. The Balaban J connectivity index is 1.65. The first-order valence-corrected chi connectivity index (χ1v) is 11.3. The number of hydrogen-bond donors (Lipinski definition) is 1. The van der Waals surface area contributed by atoms with Crippen molar-refractivity contribution in [3.63, 3.8) is 0 Å². The van der Waals surface area contributed by atoms with E-state index in [1.807, 2.05) is 6.92 Å². The summed E-state index contributed by atoms with van der Waals surface area (Å²) < 4.78 is 47.9. The van der Waals surface area contributed by atoms with Crippen LogP contribution in [-0.2, 0) is 24.1 Å². The Hall–Kier alpha value is -2.81. The molecule has 1 unspecified atom stereocenters. The van der Waals surface area contributed by atoms with Crippen LogP contribution in [-0.4, -0.2) is 40.5 Å². The molecule has 2 aromatic rings. The van der Waals surface area contributed by atoms with E-state index < -0.39 is 23.7 Å². The lowest BCUT2D eigenvalue weighted by Gasteiger charge is -2.24. The molecule has 2 atom stereocenters. The van der Waals surface area contributed by atoms with Crippen LogP contribution in [0.2, 0.25) is 0 Å². The number of hydrogen-bond acceptors (Lipinski definition) is 3. The fraction of sp³-hybridized carbons (Fsp3) is 0.500. The van der Waals surface area contributed by atoms with Crippen molar-refractivity contribution in [2.75, 3.05) is 13.2 Å². The van der Waals surface area contributed by atoms with Gasteiger partial charge in [0, 0.05) is 19.1 Å². The van der Waals surface area contributed by atoms with Gasteiger partial charge in [-0.05, 0) is 43.9 Å². The van der Waals surface area contributed by atoms with Gasteiger partial charge in [0.25, 0.3) is 11.8 Å². The van der Waals surface area contributed by atoms with Crippen molar-refractivity contribution in [2.45, 2.75) is 64.5 Å². The van der Waals surface area contributed by atoms with Crippen LogP contribution in [0.4, 0.5) is 13.2 Å². The number of aromatic nitrogens is 1. The highest BCUT2D eigenvalue weighted by atomic mass is 19.4. The van der Waals surface area contributed by atoms with Crippen LogP contribution in [0.1, 0.15) is 76.8 Å². The van der Waals surface area contributed by atoms with Crippen molar-refractivity contribution in [1.29, 1.82) is 0 Å². The van der Waals surface area contributed by atoms with Crippen molar-refractivity contribution < 1.29 is 27.5 Å². The molecule has 1 saturated heterocycles. The topological polar surface area (TPSA) is 63.6 Å². The number of nitrogens with one attached hydrogen (secondary N) is 1. The largest absolute Gasteiger partial charge is 0.416 e. The van der Waals surface area contributed by atoms with E-state index in [4.69, 9.17) is 4.74 Å². The van der Waals surface area contributed by atoms with Crippen LogP contribution in [0.5, 0.6) is 0 Å². The molecule has 0 spiro atoms. The van der Waals surface area contributed by atoms with E-state index in [0.29, 0.717) is 31.0 Å². The first-order valence-electron chi connectivity index (χ1n) is 11.3. The molecule has 9 heteroatoms. The predicted octanol–water partition coefficient (Wildman–Crippen LogP) is 4.54. The molecule has 2 aliphatic rings. The average molecular weight is 464 g/mol. The minimum Gasteiger partial charge on any atom is -0.373 e. The van der Waals surface area contributed by atoms with Crippen molar-refractivity contribution >= 4 is 11.8 Å². The summed E-state index contributed by atoms with van der Waals surface area (Å²) in [5, 5.41) is 2.77. The molecule has 1 aromatic carbocycles. The lowest BCUT2D eigenvalue weighted by Crippen LogP contribution is -2.34. The van der Waals surface area contributed by atoms with Crippen molar-refractivity contribution in [3.8, 4) is 0 Å². The zero-order valence-corrected chi connectivity index (χ0v) is 18.7. The summed E-state index contributed by atoms with van der Waals surface area (Å²) >= 11 is 0. The summed E-state index contributed by atoms with van der Waals surface area (Å²) in [7, 11) is 0. The Morgan fingerprint density at radius 1 is 1.24 bits per heavy atom. The predicted molar refractivity (Wildman–Crippen MR) is 116 cm³/mol. The van der Waals surface area contributed by atoms with Gasteiger partial charge >= 0.3 is 6.18 Å². The van der Waals surface area contributed by atoms with E-state index in [0.717, 1.165) is 18.9 Å². The Morgan fingerprint density at radius 2 is 2.00 bits per heavy atom. The average Bonchev–Trinajstić information content (AvgIpc) is 3.40. The number of alkyl halides is 3. The summed E-state index contributed by atoms with van der Waals surface area (Å²) in [6.07, 6.45) is -2.37. The van der Waals surface area contributed by atoms with Crippen LogP contribution >= 0.6 is 0 Å². The van der Waals surface area contributed by atoms with E-state index in [2.05, 4.69) is 5.32 Å². The third-order valence-electron chi connectivity index (χ3n) is 6.54. The minimum atomic E-state index is -4.52. The fourth-order valence-corrected chi connectivity index (χ4v) is 4.78. The third kappa shape index (κ3) is 4.51. The van der Waals surface area contributed by atoms with Crippen LogP contribution in [0, 0.1) is 0 Å². The van der Waals surface area contributed by atoms with Crippen LogP contribution < -0.4 is 5.32 Å². The number of fused-ring (bicyclic) bond motifs is 1. The second kappa shape index (κ2) is 9.21. The normalized spacial score (nSPS) is 19.3. The third-order valence-corrected chi connectivity index (χ3v) is 6.54. The maximum Gasteiger partial charge on any atom is 0.416 e. The van der Waals surface area contributed by atoms with Crippen LogP contribution in [0.3, 0.4) is 0 Å². The number of nitrogens with zero attached hydrogens (tertiary/aromatic N) is 2. The summed E-state index contributed by atoms with van der Waals surface area (Å²) in [6.45, 7) is 5.40. The molecule has 1 fully saturated rings. The minimum absolute atomic E-state index is 0.0248. The Morgan fingerprint density at radius 3 is 2.67 bits per heavy atom. The maximum absolute atomic E-state index is 13.5. The van der Waals surface area contributed by atoms with Crippen molar-refractivity contribution in [1.82, 2.24) is 14.8 Å². The SMILES string of the molecule is CC[C@@H](NC(=O)c1cc(C(=O)N2CCCC2C)c2n1CCOC2)c1ccccc1C(F)(F)F. The molecule has 0 aliphatic carbocycles. The Labute approximate surface area is 190 Å². The maximum atomic E-state index is 13.5. The molecule has 6 nitrogen and oxygen atoms in total. The molecule has 2 aliphatic heterocycles. The first kappa shape index (κ1) is 23.4. The van der Waals surface area contributed by atoms with Gasteiger partial charge in [0.15, 0.2) is 0 Å². The van der Waals surface area contributed by atoms with Gasteiger partial charge in [0.1, 0.15) is 5.69 Å². The monoisotopic (exact) mass is 463 g/mol. The highest BCUT2D eigenvalue weighted by Gasteiger charge is 2.36. The highest BCUT2D eigenvalue weighted by molar-refractivity contribution is 6.01. The fourth-order valence-electron chi connectivity index (χ4n) is 4.78. The second-order valence-corrected chi connectivity index (χ2v) is 8.60. The van der Waals surface area contributed by atoms with Gasteiger partial charge in [-0.3, -0.25) is 9.59 Å². The van der Waals surface area contributed by atoms with Gasteiger partial charge in [-0.15, -0.1) is 0 Å². The molecular weight excluding hydrogens is 435 g/mol. The van der Waals surface area contributed by atoms with Gasteiger partial charge in [0.2, 0.25) is 0 Å². The summed E-state index contributed by atoms with van der Waals surface area (Å²) in [6, 6.07) is 6.15. The van der Waals surface area contributed by atoms with E-state index in [1.165, 1.54) is 18.2 Å². The van der Waals surface area contributed by atoms with Crippen molar-refractivity contribution in [2.24, 2.45) is 0 Å². The molecule has 1 aromatic heterocycles. The smallest absolute Gasteiger partial charge is 0.373 e. The molecule has 0 radical (unpaired) electrons. The Kier molecular flexibility index (Phi) is 6.52. The van der Waals surface area contributed by atoms with Crippen LogP contribution in [0.15, 0.2) is 30.3 Å². The van der Waals surface area contributed by atoms with E-state index in [1.54, 1.807) is 22.5 Å². The quantitative estimate of drug-likeness (QED) is 0.708. The molecule has 1 N–H and O–H groups in total. The zero-order valence-electron chi connectivity index (χ0n) is 18.7. The first-order chi connectivity index (χ1) is 15.7. The number of benzene rings is 1. The van der Waals surface area contributed by atoms with Gasteiger partial charge in [-0.2, -0.15) is 13.2 Å². The molecule has 3 heterocycles. The number of likely N-dealkylation sites (tertiary alicyclic amines) is 1. The lowest BCUT2D eigenvalue weighted by atomic mass is 9.98. The highest BCUT2D eigenvalue weighted by Crippen LogP contribution is 2.35. The molecule has 4 rings (SSSR count). The van der Waals surface area contributed by atoms with Gasteiger partial charge in [-0.25, -0.2) is 0 Å². The number of ether oxygens (including phenoxy) is 1. The molecular formula is C24H28F3N3O3. The number of rotatable bonds is 5. The van der Waals surface area contributed by atoms with Crippen molar-refractivity contribution in [3.05, 3.63) is 58.4 Å². The molecule has 0 saturated carbocycles. The van der Waals surface area contributed by atoms with E-state index in [-0.39, 0.29) is 36.2 Å². The molecule has 2 amide bonds. The van der Waals surface area contributed by atoms with Gasteiger partial charge < -0.3 is 19.5 Å². The van der Waals surface area contributed by atoms with Gasteiger partial charge in [0.05, 0.1) is 36.1 Å². The summed E-state index contributed by atoms with van der Waals surface area (Å²) in [5.74, 6) is -0.641.